The molecule has 1 aromatic rings. The molecular formula is C11H15N3O3. The van der Waals surface area contributed by atoms with Crippen molar-refractivity contribution in [2.45, 2.75) is 25.9 Å². The Morgan fingerprint density at radius 3 is 3.12 bits per heavy atom. The molecule has 1 N–H and O–H groups in total. The largest absolute Gasteiger partial charge is 0.376 e. The highest BCUT2D eigenvalue weighted by atomic mass is 16.6. The van der Waals surface area contributed by atoms with E-state index in [4.69, 9.17) is 4.74 Å². The summed E-state index contributed by atoms with van der Waals surface area (Å²) in [6.45, 7) is 3.32. The van der Waals surface area contributed by atoms with Gasteiger partial charge in [0, 0.05) is 19.2 Å². The molecule has 0 amide bonds. The van der Waals surface area contributed by atoms with Gasteiger partial charge in [0.15, 0.2) is 0 Å². The first-order chi connectivity index (χ1) is 8.16. The van der Waals surface area contributed by atoms with Crippen LogP contribution in [-0.2, 0) is 4.74 Å². The number of anilines is 1. The number of aromatic nitrogens is 1. The van der Waals surface area contributed by atoms with Crippen LogP contribution in [0.4, 0.5) is 11.5 Å². The summed E-state index contributed by atoms with van der Waals surface area (Å²) < 4.78 is 5.48. The van der Waals surface area contributed by atoms with Crippen molar-refractivity contribution in [3.8, 4) is 0 Å². The molecule has 6 nitrogen and oxygen atoms in total. The van der Waals surface area contributed by atoms with E-state index in [2.05, 4.69) is 10.3 Å². The van der Waals surface area contributed by atoms with E-state index in [1.807, 2.05) is 0 Å². The van der Waals surface area contributed by atoms with Crippen LogP contribution in [0.15, 0.2) is 12.3 Å². The lowest BCUT2D eigenvalue weighted by atomic mass is 10.2. The Kier molecular flexibility index (Phi) is 3.53. The van der Waals surface area contributed by atoms with E-state index in [1.165, 1.54) is 12.3 Å². The van der Waals surface area contributed by atoms with Crippen LogP contribution < -0.4 is 5.32 Å². The number of nitrogens with one attached hydrogen (secondary N) is 1. The molecule has 1 fully saturated rings. The van der Waals surface area contributed by atoms with Gasteiger partial charge in [0.1, 0.15) is 12.0 Å². The minimum atomic E-state index is -0.441. The van der Waals surface area contributed by atoms with Gasteiger partial charge < -0.3 is 10.1 Å². The Hall–Kier alpha value is -1.69. The van der Waals surface area contributed by atoms with Gasteiger partial charge in [-0.05, 0) is 25.3 Å². The van der Waals surface area contributed by atoms with Crippen LogP contribution in [-0.4, -0.2) is 29.2 Å². The molecule has 1 aromatic heterocycles. The second-order valence-corrected chi connectivity index (χ2v) is 4.13. The fourth-order valence-corrected chi connectivity index (χ4v) is 1.86. The van der Waals surface area contributed by atoms with Crippen LogP contribution in [0, 0.1) is 17.0 Å². The van der Waals surface area contributed by atoms with E-state index >= 15 is 0 Å². The Labute approximate surface area is 99.2 Å². The van der Waals surface area contributed by atoms with Crippen molar-refractivity contribution in [3.63, 3.8) is 0 Å². The first-order valence-electron chi connectivity index (χ1n) is 5.63. The van der Waals surface area contributed by atoms with E-state index in [9.17, 15) is 10.1 Å². The lowest BCUT2D eigenvalue weighted by Crippen LogP contribution is -2.19. The fourth-order valence-electron chi connectivity index (χ4n) is 1.86. The van der Waals surface area contributed by atoms with Crippen LogP contribution in [0.1, 0.15) is 18.4 Å². The van der Waals surface area contributed by atoms with E-state index < -0.39 is 4.92 Å². The molecule has 17 heavy (non-hydrogen) atoms. The third-order valence-electron chi connectivity index (χ3n) is 2.80. The standard InChI is InChI=1S/C11H15N3O3/c1-8-5-9(14(15)16)6-12-11(8)13-7-10-3-2-4-17-10/h5-6,10H,2-4,7H2,1H3,(H,12,13). The molecule has 2 heterocycles. The molecule has 1 unspecified atom stereocenters. The number of hydrogen-bond donors (Lipinski definition) is 1. The van der Waals surface area contributed by atoms with Crippen LogP contribution in [0.2, 0.25) is 0 Å². The molecule has 0 bridgehead atoms. The molecule has 0 aromatic carbocycles. The van der Waals surface area contributed by atoms with Gasteiger partial charge in [-0.3, -0.25) is 10.1 Å². The second kappa shape index (κ2) is 5.09. The molecule has 1 atom stereocenters. The van der Waals surface area contributed by atoms with Gasteiger partial charge in [0.2, 0.25) is 0 Å². The average Bonchev–Trinajstić information content (AvgIpc) is 2.80. The molecule has 6 heteroatoms. The van der Waals surface area contributed by atoms with E-state index in [0.29, 0.717) is 12.4 Å². The molecule has 2 rings (SSSR count). The van der Waals surface area contributed by atoms with Gasteiger partial charge in [-0.15, -0.1) is 0 Å². The third kappa shape index (κ3) is 2.91. The SMILES string of the molecule is Cc1cc([N+](=O)[O-])cnc1NCC1CCCO1. The highest BCUT2D eigenvalue weighted by Gasteiger charge is 2.16. The van der Waals surface area contributed by atoms with Crippen LogP contribution >= 0.6 is 0 Å². The molecule has 0 radical (unpaired) electrons. The lowest BCUT2D eigenvalue weighted by Gasteiger charge is -2.12. The van der Waals surface area contributed by atoms with Gasteiger partial charge in [-0.25, -0.2) is 4.98 Å². The van der Waals surface area contributed by atoms with E-state index in [1.54, 1.807) is 6.92 Å². The first-order valence-corrected chi connectivity index (χ1v) is 5.63. The molecule has 1 aliphatic rings. The minimum Gasteiger partial charge on any atom is -0.376 e. The van der Waals surface area contributed by atoms with E-state index in [-0.39, 0.29) is 11.8 Å². The van der Waals surface area contributed by atoms with Crippen molar-refractivity contribution in [3.05, 3.63) is 27.9 Å². The van der Waals surface area contributed by atoms with Crippen molar-refractivity contribution in [2.75, 3.05) is 18.5 Å². The summed E-state index contributed by atoms with van der Waals surface area (Å²) in [7, 11) is 0. The van der Waals surface area contributed by atoms with Crippen molar-refractivity contribution in [1.82, 2.24) is 4.98 Å². The Balaban J connectivity index is 1.98. The molecular weight excluding hydrogens is 222 g/mol. The normalized spacial score (nSPS) is 19.2. The monoisotopic (exact) mass is 237 g/mol. The van der Waals surface area contributed by atoms with Gasteiger partial charge >= 0.3 is 0 Å². The zero-order chi connectivity index (χ0) is 12.3. The number of rotatable bonds is 4. The summed E-state index contributed by atoms with van der Waals surface area (Å²) in [6, 6.07) is 1.52. The number of hydrogen-bond acceptors (Lipinski definition) is 5. The summed E-state index contributed by atoms with van der Waals surface area (Å²) >= 11 is 0. The molecule has 0 aliphatic carbocycles. The maximum Gasteiger partial charge on any atom is 0.287 e. The van der Waals surface area contributed by atoms with Crippen molar-refractivity contribution >= 4 is 11.5 Å². The lowest BCUT2D eigenvalue weighted by molar-refractivity contribution is -0.385. The quantitative estimate of drug-likeness (QED) is 0.639. The number of pyridine rings is 1. The molecule has 0 spiro atoms. The van der Waals surface area contributed by atoms with Gasteiger partial charge in [0.25, 0.3) is 5.69 Å². The molecule has 1 aliphatic heterocycles. The summed E-state index contributed by atoms with van der Waals surface area (Å²) in [5.41, 5.74) is 0.794. The van der Waals surface area contributed by atoms with Crippen molar-refractivity contribution < 1.29 is 9.66 Å². The van der Waals surface area contributed by atoms with Crippen LogP contribution in [0.5, 0.6) is 0 Å². The van der Waals surface area contributed by atoms with Crippen molar-refractivity contribution in [2.24, 2.45) is 0 Å². The molecule has 1 saturated heterocycles. The molecule has 92 valence electrons. The zero-order valence-electron chi connectivity index (χ0n) is 9.68. The first kappa shape index (κ1) is 11.8. The fraction of sp³-hybridized carbons (Fsp3) is 0.545. The molecule has 0 saturated carbocycles. The summed E-state index contributed by atoms with van der Waals surface area (Å²) in [4.78, 5) is 14.2. The Bertz CT molecular complexity index is 416. The second-order valence-electron chi connectivity index (χ2n) is 4.13. The van der Waals surface area contributed by atoms with Gasteiger partial charge in [-0.1, -0.05) is 0 Å². The maximum atomic E-state index is 10.6. The van der Waals surface area contributed by atoms with Gasteiger partial charge in [-0.2, -0.15) is 0 Å². The highest BCUT2D eigenvalue weighted by molar-refractivity contribution is 5.48. The summed E-state index contributed by atoms with van der Waals surface area (Å²) in [5.74, 6) is 0.686. The number of nitro groups is 1. The Morgan fingerprint density at radius 2 is 2.53 bits per heavy atom. The maximum absolute atomic E-state index is 10.6. The predicted octanol–water partition coefficient (Wildman–Crippen LogP) is 1.89. The van der Waals surface area contributed by atoms with Gasteiger partial charge in [0.05, 0.1) is 11.0 Å². The summed E-state index contributed by atoms with van der Waals surface area (Å²) in [5, 5.41) is 13.7. The third-order valence-corrected chi connectivity index (χ3v) is 2.80. The summed E-state index contributed by atoms with van der Waals surface area (Å²) in [6.07, 6.45) is 3.65. The van der Waals surface area contributed by atoms with Crippen LogP contribution in [0.25, 0.3) is 0 Å². The number of ether oxygens (including phenoxy) is 1. The Morgan fingerprint density at radius 1 is 1.71 bits per heavy atom. The average molecular weight is 237 g/mol. The topological polar surface area (TPSA) is 77.3 Å². The zero-order valence-corrected chi connectivity index (χ0v) is 9.68. The van der Waals surface area contributed by atoms with Crippen LogP contribution in [0.3, 0.4) is 0 Å². The van der Waals surface area contributed by atoms with Crippen molar-refractivity contribution in [1.29, 1.82) is 0 Å². The predicted molar refractivity (Wildman–Crippen MR) is 63.1 cm³/mol. The number of aryl methyl sites for hydroxylation is 1. The highest BCUT2D eigenvalue weighted by Crippen LogP contribution is 2.19. The van der Waals surface area contributed by atoms with E-state index in [0.717, 1.165) is 25.0 Å². The minimum absolute atomic E-state index is 0.0187. The smallest absolute Gasteiger partial charge is 0.287 e. The number of nitrogens with zero attached hydrogens (tertiary/aromatic N) is 2.